The minimum absolute atomic E-state index is 0.183. The summed E-state index contributed by atoms with van der Waals surface area (Å²) in [6.45, 7) is 5.01. The second kappa shape index (κ2) is 8.05. The molecule has 0 saturated carbocycles. The van der Waals surface area contributed by atoms with Crippen molar-refractivity contribution in [1.82, 2.24) is 10.6 Å². The lowest BCUT2D eigenvalue weighted by molar-refractivity contribution is -0.121. The molecule has 0 unspecified atom stereocenters. The van der Waals surface area contributed by atoms with E-state index in [1.165, 1.54) is 24.0 Å². The third-order valence-corrected chi connectivity index (χ3v) is 4.16. The maximum Gasteiger partial charge on any atom is 0.220 e. The number of benzene rings is 1. The van der Waals surface area contributed by atoms with Crippen LogP contribution in [0.2, 0.25) is 0 Å². The molecular weight excluding hydrogens is 248 g/mol. The van der Waals surface area contributed by atoms with E-state index in [0.717, 1.165) is 31.8 Å². The Hall–Kier alpha value is -1.35. The Kier molecular flexibility index (Phi) is 6.06. The Morgan fingerprint density at radius 2 is 1.85 bits per heavy atom. The van der Waals surface area contributed by atoms with Crippen molar-refractivity contribution in [3.05, 3.63) is 35.4 Å². The third kappa shape index (κ3) is 4.97. The molecule has 110 valence electrons. The fourth-order valence-electron chi connectivity index (χ4n) is 2.69. The molecule has 1 heterocycles. The molecule has 2 N–H and O–H groups in total. The third-order valence-electron chi connectivity index (χ3n) is 4.16. The molecule has 0 aromatic heterocycles. The van der Waals surface area contributed by atoms with E-state index in [1.54, 1.807) is 0 Å². The molecule has 1 saturated heterocycles. The second-order valence-corrected chi connectivity index (χ2v) is 5.68. The smallest absolute Gasteiger partial charge is 0.220 e. The maximum atomic E-state index is 11.9. The van der Waals surface area contributed by atoms with Crippen molar-refractivity contribution in [3.8, 4) is 0 Å². The molecule has 0 spiro atoms. The average Bonchev–Trinajstić information content (AvgIpc) is 2.52. The van der Waals surface area contributed by atoms with Gasteiger partial charge in [0.2, 0.25) is 5.91 Å². The Bertz CT molecular complexity index is 408. The minimum atomic E-state index is 0.183. The van der Waals surface area contributed by atoms with Gasteiger partial charge < -0.3 is 10.6 Å². The van der Waals surface area contributed by atoms with E-state index < -0.39 is 0 Å². The van der Waals surface area contributed by atoms with Gasteiger partial charge in [-0.2, -0.15) is 0 Å². The van der Waals surface area contributed by atoms with E-state index in [-0.39, 0.29) is 5.91 Å². The quantitative estimate of drug-likeness (QED) is 0.837. The Morgan fingerprint density at radius 1 is 1.20 bits per heavy atom. The van der Waals surface area contributed by atoms with E-state index in [1.807, 2.05) is 0 Å². The van der Waals surface area contributed by atoms with Crippen LogP contribution >= 0.6 is 0 Å². The van der Waals surface area contributed by atoms with E-state index in [2.05, 4.69) is 41.8 Å². The van der Waals surface area contributed by atoms with Crippen molar-refractivity contribution >= 4 is 5.91 Å². The summed E-state index contributed by atoms with van der Waals surface area (Å²) in [5, 5.41) is 6.38. The molecule has 3 heteroatoms. The van der Waals surface area contributed by atoms with Crippen molar-refractivity contribution in [2.24, 2.45) is 5.92 Å². The van der Waals surface area contributed by atoms with Crippen LogP contribution in [0.4, 0.5) is 0 Å². The lowest BCUT2D eigenvalue weighted by Crippen LogP contribution is -2.29. The van der Waals surface area contributed by atoms with Gasteiger partial charge in [0.15, 0.2) is 0 Å². The van der Waals surface area contributed by atoms with Gasteiger partial charge in [0.25, 0.3) is 0 Å². The van der Waals surface area contributed by atoms with E-state index in [0.29, 0.717) is 13.0 Å². The summed E-state index contributed by atoms with van der Waals surface area (Å²) in [5.41, 5.74) is 2.52. The van der Waals surface area contributed by atoms with Gasteiger partial charge in [0.1, 0.15) is 0 Å². The zero-order chi connectivity index (χ0) is 14.2. The highest BCUT2D eigenvalue weighted by atomic mass is 16.1. The summed E-state index contributed by atoms with van der Waals surface area (Å²) < 4.78 is 0. The van der Waals surface area contributed by atoms with Gasteiger partial charge in [-0.05, 0) is 55.8 Å². The molecule has 20 heavy (non-hydrogen) atoms. The highest BCUT2D eigenvalue weighted by Crippen LogP contribution is 2.17. The van der Waals surface area contributed by atoms with Gasteiger partial charge in [-0.25, -0.2) is 0 Å². The number of nitrogens with one attached hydrogen (secondary N) is 2. The van der Waals surface area contributed by atoms with E-state index in [4.69, 9.17) is 0 Å². The van der Waals surface area contributed by atoms with Crippen LogP contribution in [0.5, 0.6) is 0 Å². The first kappa shape index (κ1) is 15.0. The number of amides is 1. The molecule has 1 fully saturated rings. The highest BCUT2D eigenvalue weighted by molar-refractivity contribution is 5.75. The topological polar surface area (TPSA) is 41.1 Å². The summed E-state index contributed by atoms with van der Waals surface area (Å²) in [4.78, 5) is 11.9. The number of aryl methyl sites for hydroxylation is 1. The van der Waals surface area contributed by atoms with Crippen molar-refractivity contribution in [2.75, 3.05) is 13.1 Å². The zero-order valence-electron chi connectivity index (χ0n) is 12.5. The summed E-state index contributed by atoms with van der Waals surface area (Å²) in [7, 11) is 0. The van der Waals surface area contributed by atoms with Crippen LogP contribution in [0.1, 0.15) is 43.7 Å². The Balaban J connectivity index is 1.66. The Labute approximate surface area is 122 Å². The van der Waals surface area contributed by atoms with Gasteiger partial charge in [0, 0.05) is 13.0 Å². The molecule has 1 aliphatic heterocycles. The molecule has 0 bridgehead atoms. The van der Waals surface area contributed by atoms with E-state index >= 15 is 0 Å². The molecule has 0 radical (unpaired) electrons. The fourth-order valence-corrected chi connectivity index (χ4v) is 2.69. The number of hydrogen-bond acceptors (Lipinski definition) is 2. The average molecular weight is 274 g/mol. The molecule has 0 aliphatic carbocycles. The molecule has 1 aliphatic rings. The first-order chi connectivity index (χ1) is 9.78. The number of hydrogen-bond donors (Lipinski definition) is 2. The van der Waals surface area contributed by atoms with Crippen molar-refractivity contribution in [3.63, 3.8) is 0 Å². The lowest BCUT2D eigenvalue weighted by Gasteiger charge is -2.22. The first-order valence-corrected chi connectivity index (χ1v) is 7.83. The molecular formula is C17H26N2O. The SMILES string of the molecule is CCc1ccc(CNC(=O)CCC2CCNCC2)cc1. The summed E-state index contributed by atoms with van der Waals surface area (Å²) >= 11 is 0. The van der Waals surface area contributed by atoms with Gasteiger partial charge >= 0.3 is 0 Å². The second-order valence-electron chi connectivity index (χ2n) is 5.68. The van der Waals surface area contributed by atoms with Crippen LogP contribution in [0.25, 0.3) is 0 Å². The van der Waals surface area contributed by atoms with Crippen LogP contribution in [0.15, 0.2) is 24.3 Å². The molecule has 1 aromatic rings. The molecule has 2 rings (SSSR count). The van der Waals surface area contributed by atoms with Gasteiger partial charge in [-0.1, -0.05) is 31.2 Å². The highest BCUT2D eigenvalue weighted by Gasteiger charge is 2.14. The number of carbonyl (C=O) groups is 1. The summed E-state index contributed by atoms with van der Waals surface area (Å²) in [6.07, 6.45) is 5.18. The van der Waals surface area contributed by atoms with Crippen LogP contribution in [-0.4, -0.2) is 19.0 Å². The predicted molar refractivity (Wildman–Crippen MR) is 82.5 cm³/mol. The van der Waals surface area contributed by atoms with Crippen molar-refractivity contribution in [1.29, 1.82) is 0 Å². The minimum Gasteiger partial charge on any atom is -0.352 e. The van der Waals surface area contributed by atoms with Crippen LogP contribution in [-0.2, 0) is 17.8 Å². The van der Waals surface area contributed by atoms with E-state index in [9.17, 15) is 4.79 Å². The monoisotopic (exact) mass is 274 g/mol. The maximum absolute atomic E-state index is 11.9. The first-order valence-electron chi connectivity index (χ1n) is 7.83. The number of rotatable bonds is 6. The molecule has 3 nitrogen and oxygen atoms in total. The zero-order valence-corrected chi connectivity index (χ0v) is 12.5. The van der Waals surface area contributed by atoms with Gasteiger partial charge in [0.05, 0.1) is 0 Å². The number of carbonyl (C=O) groups excluding carboxylic acids is 1. The largest absolute Gasteiger partial charge is 0.352 e. The van der Waals surface area contributed by atoms with Crippen LogP contribution < -0.4 is 10.6 Å². The standard InChI is InChI=1S/C17H26N2O/c1-2-14-3-5-16(6-4-14)13-19-17(20)8-7-15-9-11-18-12-10-15/h3-6,15,18H,2,7-13H2,1H3,(H,19,20). The van der Waals surface area contributed by atoms with Crippen molar-refractivity contribution < 1.29 is 4.79 Å². The molecule has 1 amide bonds. The summed E-state index contributed by atoms with van der Waals surface area (Å²) in [5.74, 6) is 0.911. The molecule has 0 atom stereocenters. The van der Waals surface area contributed by atoms with Crippen LogP contribution in [0.3, 0.4) is 0 Å². The van der Waals surface area contributed by atoms with Crippen LogP contribution in [0, 0.1) is 5.92 Å². The predicted octanol–water partition coefficient (Wildman–Crippen LogP) is 2.65. The van der Waals surface area contributed by atoms with Crippen molar-refractivity contribution in [2.45, 2.75) is 45.6 Å². The normalized spacial score (nSPS) is 16.1. The van der Waals surface area contributed by atoms with Gasteiger partial charge in [-0.3, -0.25) is 4.79 Å². The fraction of sp³-hybridized carbons (Fsp3) is 0.588. The summed E-state index contributed by atoms with van der Waals surface area (Å²) in [6, 6.07) is 8.48. The number of piperidine rings is 1. The molecule has 1 aromatic carbocycles. The van der Waals surface area contributed by atoms with Gasteiger partial charge in [-0.15, -0.1) is 0 Å². The lowest BCUT2D eigenvalue weighted by atomic mass is 9.93. The Morgan fingerprint density at radius 3 is 2.50 bits per heavy atom.